The monoisotopic (exact) mass is 203 g/mol. The molecule has 0 N–H and O–H groups in total. The first kappa shape index (κ1) is 8.80. The van der Waals surface area contributed by atoms with E-state index in [0.717, 1.165) is 16.5 Å². The molecule has 2 aromatic rings. The fraction of sp³-hybridized carbons (Fsp3) is 0.250. The maximum atomic E-state index is 13.2. The summed E-state index contributed by atoms with van der Waals surface area (Å²) >= 11 is 0. The minimum Gasteiger partial charge on any atom is -0.365 e. The minimum atomic E-state index is -0.241. The van der Waals surface area contributed by atoms with Crippen LogP contribution in [0.1, 0.15) is 12.5 Å². The van der Waals surface area contributed by atoms with Crippen LogP contribution in [0, 0.1) is 5.82 Å². The number of benzene rings is 1. The van der Waals surface area contributed by atoms with E-state index in [1.807, 2.05) is 13.0 Å². The Balaban J connectivity index is 2.33. The molecule has 0 radical (unpaired) electrons. The van der Waals surface area contributed by atoms with Crippen molar-refractivity contribution in [3.8, 4) is 0 Å². The van der Waals surface area contributed by atoms with Crippen LogP contribution in [0.4, 0.5) is 4.39 Å². The van der Waals surface area contributed by atoms with E-state index in [1.165, 1.54) is 12.1 Å². The second-order valence-electron chi connectivity index (χ2n) is 4.04. The van der Waals surface area contributed by atoms with E-state index < -0.39 is 0 Å². The molecule has 2 heterocycles. The third-order valence-electron chi connectivity index (χ3n) is 2.85. The van der Waals surface area contributed by atoms with Crippen LogP contribution in [0.15, 0.2) is 30.5 Å². The van der Waals surface area contributed by atoms with Crippen molar-refractivity contribution in [3.63, 3.8) is 0 Å². The molecule has 1 atom stereocenters. The first-order valence-corrected chi connectivity index (χ1v) is 4.88. The molecule has 2 nitrogen and oxygen atoms in total. The number of nitrogens with zero attached hydrogens (tertiary/aromatic N) is 1. The lowest BCUT2D eigenvalue weighted by molar-refractivity contribution is 0.331. The van der Waals surface area contributed by atoms with E-state index in [0.29, 0.717) is 6.61 Å². The molecular weight excluding hydrogens is 193 g/mol. The highest BCUT2D eigenvalue weighted by Gasteiger charge is 2.42. The van der Waals surface area contributed by atoms with Crippen LogP contribution in [0.2, 0.25) is 0 Å². The molecule has 0 saturated carbocycles. The minimum absolute atomic E-state index is 0.235. The van der Waals surface area contributed by atoms with Crippen molar-refractivity contribution >= 4 is 10.9 Å². The fourth-order valence-corrected chi connectivity index (χ4v) is 1.84. The first-order valence-electron chi connectivity index (χ1n) is 4.88. The zero-order valence-electron chi connectivity index (χ0n) is 8.33. The van der Waals surface area contributed by atoms with Gasteiger partial charge in [-0.2, -0.15) is 0 Å². The number of hydrogen-bond acceptors (Lipinski definition) is 2. The molecule has 0 aliphatic carbocycles. The number of halogens is 1. The lowest BCUT2D eigenvalue weighted by Crippen LogP contribution is -2.03. The molecule has 1 saturated heterocycles. The predicted molar refractivity (Wildman–Crippen MR) is 55.0 cm³/mol. The van der Waals surface area contributed by atoms with E-state index in [4.69, 9.17) is 4.74 Å². The fourth-order valence-electron chi connectivity index (χ4n) is 1.84. The molecular formula is C12H10FNO. The Labute approximate surface area is 86.7 Å². The highest BCUT2D eigenvalue weighted by Crippen LogP contribution is 2.40. The predicted octanol–water partition coefficient (Wildman–Crippen LogP) is 2.62. The standard InChI is InChI=1S/C12H10FNO/c1-12(7-15-12)10-4-5-14-11-3-2-8(13)6-9(10)11/h2-6H,7H2,1H3. The molecule has 76 valence electrons. The Morgan fingerprint density at radius 1 is 1.40 bits per heavy atom. The van der Waals surface area contributed by atoms with Crippen LogP contribution in [-0.4, -0.2) is 11.6 Å². The first-order chi connectivity index (χ1) is 7.19. The number of ether oxygens (including phenoxy) is 1. The summed E-state index contributed by atoms with van der Waals surface area (Å²) in [5.41, 5.74) is 1.59. The van der Waals surface area contributed by atoms with Crippen molar-refractivity contribution < 1.29 is 9.13 Å². The molecule has 0 amide bonds. The summed E-state index contributed by atoms with van der Waals surface area (Å²) in [5.74, 6) is -0.235. The molecule has 1 aliphatic rings. The third kappa shape index (κ3) is 1.31. The summed E-state index contributed by atoms with van der Waals surface area (Å²) in [6.07, 6.45) is 1.74. The largest absolute Gasteiger partial charge is 0.365 e. The second-order valence-corrected chi connectivity index (χ2v) is 4.04. The molecule has 3 heteroatoms. The topological polar surface area (TPSA) is 25.4 Å². The van der Waals surface area contributed by atoms with Crippen molar-refractivity contribution in [1.29, 1.82) is 0 Å². The van der Waals surface area contributed by atoms with Gasteiger partial charge in [-0.3, -0.25) is 4.98 Å². The van der Waals surface area contributed by atoms with Crippen molar-refractivity contribution in [2.24, 2.45) is 0 Å². The van der Waals surface area contributed by atoms with Gasteiger partial charge in [-0.15, -0.1) is 0 Å². The summed E-state index contributed by atoms with van der Waals surface area (Å²) in [6, 6.07) is 6.54. The number of aromatic nitrogens is 1. The summed E-state index contributed by atoms with van der Waals surface area (Å²) < 4.78 is 18.5. The molecule has 1 fully saturated rings. The van der Waals surface area contributed by atoms with E-state index >= 15 is 0 Å². The molecule has 1 unspecified atom stereocenters. The SMILES string of the molecule is CC1(c2ccnc3ccc(F)cc23)CO1. The third-order valence-corrected chi connectivity index (χ3v) is 2.85. The Morgan fingerprint density at radius 2 is 2.20 bits per heavy atom. The zero-order chi connectivity index (χ0) is 10.5. The van der Waals surface area contributed by atoms with Gasteiger partial charge in [0.1, 0.15) is 11.4 Å². The van der Waals surface area contributed by atoms with Gasteiger partial charge in [-0.1, -0.05) is 0 Å². The van der Waals surface area contributed by atoms with Crippen molar-refractivity contribution in [3.05, 3.63) is 41.8 Å². The van der Waals surface area contributed by atoms with E-state index in [-0.39, 0.29) is 11.4 Å². The van der Waals surface area contributed by atoms with Gasteiger partial charge in [0.25, 0.3) is 0 Å². The number of epoxide rings is 1. The molecule has 0 bridgehead atoms. The lowest BCUT2D eigenvalue weighted by Gasteiger charge is -2.09. The van der Waals surface area contributed by atoms with Crippen LogP contribution < -0.4 is 0 Å². The number of pyridine rings is 1. The maximum Gasteiger partial charge on any atom is 0.123 e. The van der Waals surface area contributed by atoms with Crippen LogP contribution in [0.5, 0.6) is 0 Å². The molecule has 1 aromatic heterocycles. The summed E-state index contributed by atoms with van der Waals surface area (Å²) in [4.78, 5) is 4.20. The quantitative estimate of drug-likeness (QED) is 0.666. The van der Waals surface area contributed by atoms with E-state index in [1.54, 1.807) is 12.3 Å². The van der Waals surface area contributed by atoms with Gasteiger partial charge in [0.05, 0.1) is 12.1 Å². The Morgan fingerprint density at radius 3 is 2.93 bits per heavy atom. The van der Waals surface area contributed by atoms with Gasteiger partial charge in [-0.25, -0.2) is 4.39 Å². The van der Waals surface area contributed by atoms with Crippen molar-refractivity contribution in [2.45, 2.75) is 12.5 Å². The van der Waals surface area contributed by atoms with Gasteiger partial charge in [0.2, 0.25) is 0 Å². The average molecular weight is 203 g/mol. The van der Waals surface area contributed by atoms with Gasteiger partial charge < -0.3 is 4.74 Å². The average Bonchev–Trinajstić information content (AvgIpc) is 2.96. The Kier molecular flexibility index (Phi) is 1.62. The van der Waals surface area contributed by atoms with Crippen LogP contribution in [-0.2, 0) is 10.3 Å². The van der Waals surface area contributed by atoms with Gasteiger partial charge in [0.15, 0.2) is 0 Å². The van der Waals surface area contributed by atoms with Crippen LogP contribution in [0.25, 0.3) is 10.9 Å². The number of rotatable bonds is 1. The van der Waals surface area contributed by atoms with Crippen LogP contribution in [0.3, 0.4) is 0 Å². The molecule has 3 rings (SSSR count). The van der Waals surface area contributed by atoms with Crippen molar-refractivity contribution in [1.82, 2.24) is 4.98 Å². The summed E-state index contributed by atoms with van der Waals surface area (Å²) in [7, 11) is 0. The van der Waals surface area contributed by atoms with Gasteiger partial charge in [0, 0.05) is 11.6 Å². The van der Waals surface area contributed by atoms with Gasteiger partial charge >= 0.3 is 0 Å². The Hall–Kier alpha value is -1.48. The zero-order valence-corrected chi connectivity index (χ0v) is 8.33. The normalized spacial score (nSPS) is 24.4. The van der Waals surface area contributed by atoms with Gasteiger partial charge in [-0.05, 0) is 36.8 Å². The van der Waals surface area contributed by atoms with Crippen LogP contribution >= 0.6 is 0 Å². The molecule has 1 aliphatic heterocycles. The van der Waals surface area contributed by atoms with E-state index in [2.05, 4.69) is 4.98 Å². The van der Waals surface area contributed by atoms with E-state index in [9.17, 15) is 4.39 Å². The van der Waals surface area contributed by atoms with Crippen molar-refractivity contribution in [2.75, 3.05) is 6.61 Å². The molecule has 15 heavy (non-hydrogen) atoms. The Bertz CT molecular complexity index is 534. The lowest BCUT2D eigenvalue weighted by atomic mass is 9.98. The molecule has 1 aromatic carbocycles. The molecule has 0 spiro atoms. The number of fused-ring (bicyclic) bond motifs is 1. The highest BCUT2D eigenvalue weighted by atomic mass is 19.1. The summed E-state index contributed by atoms with van der Waals surface area (Å²) in [5, 5.41) is 0.845. The smallest absolute Gasteiger partial charge is 0.123 e. The summed E-state index contributed by atoms with van der Waals surface area (Å²) in [6.45, 7) is 2.70. The highest BCUT2D eigenvalue weighted by molar-refractivity contribution is 5.83. The number of hydrogen-bond donors (Lipinski definition) is 0. The second kappa shape index (κ2) is 2.76. The maximum absolute atomic E-state index is 13.2.